The molecule has 3 aromatic rings. The van der Waals surface area contributed by atoms with Crippen molar-refractivity contribution in [2.75, 3.05) is 36.9 Å². The number of carbonyl (C=O) groups is 1. The van der Waals surface area contributed by atoms with Crippen molar-refractivity contribution < 1.29 is 13.2 Å². The summed E-state index contributed by atoms with van der Waals surface area (Å²) in [6.45, 7) is 1.92. The third-order valence-electron chi connectivity index (χ3n) is 6.01. The lowest BCUT2D eigenvalue weighted by Crippen LogP contribution is -2.39. The molecule has 34 heavy (non-hydrogen) atoms. The van der Waals surface area contributed by atoms with Gasteiger partial charge in [0.05, 0.1) is 16.8 Å². The third kappa shape index (κ3) is 5.75. The molecular formula is C23H27ClN6O3S. The highest BCUT2D eigenvalue weighted by molar-refractivity contribution is 7.88. The van der Waals surface area contributed by atoms with Crippen LogP contribution in [0, 0.1) is 5.92 Å². The summed E-state index contributed by atoms with van der Waals surface area (Å²) >= 11 is 6.12. The average Bonchev–Trinajstić information content (AvgIpc) is 2.81. The largest absolute Gasteiger partial charge is 0.383 e. The predicted molar refractivity (Wildman–Crippen MR) is 134 cm³/mol. The van der Waals surface area contributed by atoms with E-state index in [2.05, 4.69) is 20.6 Å². The van der Waals surface area contributed by atoms with Gasteiger partial charge in [-0.2, -0.15) is 0 Å². The molecule has 0 atom stereocenters. The molecule has 0 unspecified atom stereocenters. The molecule has 1 fully saturated rings. The number of nitrogens with zero attached hydrogens (tertiary/aromatic N) is 3. The summed E-state index contributed by atoms with van der Waals surface area (Å²) in [6, 6.07) is 9.22. The maximum atomic E-state index is 13.0. The Balaban J connectivity index is 1.39. The zero-order chi connectivity index (χ0) is 24.3. The van der Waals surface area contributed by atoms with Gasteiger partial charge in [-0.1, -0.05) is 23.7 Å². The fraction of sp³-hybridized carbons (Fsp3) is 0.348. The number of pyridine rings is 2. The summed E-state index contributed by atoms with van der Waals surface area (Å²) in [6.07, 6.45) is 5.88. The lowest BCUT2D eigenvalue weighted by atomic mass is 9.98. The molecule has 0 radical (unpaired) electrons. The number of halogens is 1. The number of nitrogens with one attached hydrogen (secondary N) is 2. The Hall–Kier alpha value is -2.95. The third-order valence-corrected chi connectivity index (χ3v) is 7.52. The summed E-state index contributed by atoms with van der Waals surface area (Å²) in [5, 5.41) is 8.36. The molecule has 0 bridgehead atoms. The summed E-state index contributed by atoms with van der Waals surface area (Å²) in [5.74, 6) is 0.908. The van der Waals surface area contributed by atoms with Crippen LogP contribution in [0.2, 0.25) is 5.02 Å². The van der Waals surface area contributed by atoms with Gasteiger partial charge in [-0.15, -0.1) is 0 Å². The minimum absolute atomic E-state index is 0.283. The van der Waals surface area contributed by atoms with E-state index in [1.165, 1.54) is 16.8 Å². The van der Waals surface area contributed by atoms with Gasteiger partial charge < -0.3 is 16.4 Å². The standard InChI is InChI=1S/C23H27ClN6O3S/c1-34(32,33)30-8-5-15(6-9-30)12-27-22-20(11-18(24)14-28-22)23(31)29-13-16-2-3-19-17(10-16)4-7-26-21(19)25/h2-4,7,10-11,14-15H,5-6,8-9,12-13H2,1H3,(H2,25,26)(H,27,28)(H,29,31). The van der Waals surface area contributed by atoms with Gasteiger partial charge in [0.25, 0.3) is 5.91 Å². The highest BCUT2D eigenvalue weighted by Gasteiger charge is 2.25. The average molecular weight is 503 g/mol. The number of benzene rings is 1. The van der Waals surface area contributed by atoms with E-state index in [1.54, 1.807) is 12.3 Å². The van der Waals surface area contributed by atoms with Crippen LogP contribution in [0.25, 0.3) is 10.8 Å². The molecule has 1 amide bonds. The fourth-order valence-corrected chi connectivity index (χ4v) is 5.11. The van der Waals surface area contributed by atoms with Crippen LogP contribution in [0.1, 0.15) is 28.8 Å². The number of rotatable bonds is 7. The van der Waals surface area contributed by atoms with Crippen LogP contribution in [-0.4, -0.2) is 54.5 Å². The van der Waals surface area contributed by atoms with Crippen LogP contribution in [0.4, 0.5) is 11.6 Å². The van der Waals surface area contributed by atoms with E-state index in [4.69, 9.17) is 17.3 Å². The molecule has 0 spiro atoms. The first kappa shape index (κ1) is 24.2. The first-order valence-electron chi connectivity index (χ1n) is 11.0. The van der Waals surface area contributed by atoms with E-state index in [0.717, 1.165) is 29.2 Å². The highest BCUT2D eigenvalue weighted by atomic mass is 35.5. The quantitative estimate of drug-likeness (QED) is 0.452. The van der Waals surface area contributed by atoms with E-state index >= 15 is 0 Å². The van der Waals surface area contributed by atoms with Crippen molar-refractivity contribution in [1.29, 1.82) is 0 Å². The van der Waals surface area contributed by atoms with Crippen molar-refractivity contribution in [2.24, 2.45) is 5.92 Å². The Bertz CT molecular complexity index is 1310. The number of anilines is 2. The second-order valence-electron chi connectivity index (χ2n) is 8.47. The molecule has 1 aliphatic rings. The first-order valence-corrected chi connectivity index (χ1v) is 13.2. The number of nitrogens with two attached hydrogens (primary N) is 1. The van der Waals surface area contributed by atoms with Crippen LogP contribution in [0.5, 0.6) is 0 Å². The van der Waals surface area contributed by atoms with Gasteiger partial charge in [-0.25, -0.2) is 22.7 Å². The Labute approximate surface area is 203 Å². The normalized spacial score (nSPS) is 15.4. The SMILES string of the molecule is CS(=O)(=O)N1CCC(CNc2ncc(Cl)cc2C(=O)NCc2ccc3c(N)nccc3c2)CC1. The molecule has 9 nitrogen and oxygen atoms in total. The lowest BCUT2D eigenvalue weighted by molar-refractivity contribution is 0.0951. The van der Waals surface area contributed by atoms with Crippen molar-refractivity contribution in [3.63, 3.8) is 0 Å². The lowest BCUT2D eigenvalue weighted by Gasteiger charge is -2.30. The van der Waals surface area contributed by atoms with Crippen molar-refractivity contribution in [3.8, 4) is 0 Å². The van der Waals surface area contributed by atoms with Crippen molar-refractivity contribution in [3.05, 3.63) is 58.9 Å². The van der Waals surface area contributed by atoms with Gasteiger partial charge in [0.1, 0.15) is 11.6 Å². The monoisotopic (exact) mass is 502 g/mol. The molecule has 1 aromatic carbocycles. The summed E-state index contributed by atoms with van der Waals surface area (Å²) in [5.41, 5.74) is 7.19. The van der Waals surface area contributed by atoms with E-state index in [9.17, 15) is 13.2 Å². The van der Waals surface area contributed by atoms with Crippen LogP contribution in [0.3, 0.4) is 0 Å². The maximum absolute atomic E-state index is 13.0. The summed E-state index contributed by atoms with van der Waals surface area (Å²) in [7, 11) is -3.16. The number of fused-ring (bicyclic) bond motifs is 1. The molecular weight excluding hydrogens is 476 g/mol. The van der Waals surface area contributed by atoms with Gasteiger partial charge in [0.2, 0.25) is 10.0 Å². The molecule has 180 valence electrons. The topological polar surface area (TPSA) is 130 Å². The van der Waals surface area contributed by atoms with Crippen LogP contribution in [-0.2, 0) is 16.6 Å². The van der Waals surface area contributed by atoms with Gasteiger partial charge in [-0.3, -0.25) is 4.79 Å². The van der Waals surface area contributed by atoms with E-state index in [1.807, 2.05) is 24.3 Å². The number of hydrogen-bond acceptors (Lipinski definition) is 7. The van der Waals surface area contributed by atoms with E-state index < -0.39 is 10.0 Å². The molecule has 4 N–H and O–H groups in total. The number of amides is 1. The second kappa shape index (κ2) is 10.1. The Morgan fingerprint density at radius 1 is 1.21 bits per heavy atom. The van der Waals surface area contributed by atoms with Gasteiger partial charge in [0, 0.05) is 44.0 Å². The number of carbonyl (C=O) groups excluding carboxylic acids is 1. The van der Waals surface area contributed by atoms with Gasteiger partial charge in [-0.05, 0) is 47.9 Å². The molecule has 1 saturated heterocycles. The number of hydrogen-bond donors (Lipinski definition) is 3. The van der Waals surface area contributed by atoms with Gasteiger partial charge in [0.15, 0.2) is 0 Å². The molecule has 3 heterocycles. The molecule has 4 rings (SSSR count). The zero-order valence-corrected chi connectivity index (χ0v) is 20.4. The Kier molecular flexibility index (Phi) is 7.20. The molecule has 11 heteroatoms. The Morgan fingerprint density at radius 2 is 1.97 bits per heavy atom. The summed E-state index contributed by atoms with van der Waals surface area (Å²) < 4.78 is 24.9. The first-order chi connectivity index (χ1) is 16.2. The highest BCUT2D eigenvalue weighted by Crippen LogP contribution is 2.23. The molecule has 2 aromatic heterocycles. The molecule has 0 aliphatic carbocycles. The number of piperidine rings is 1. The van der Waals surface area contributed by atoms with Crippen LogP contribution in [0.15, 0.2) is 42.7 Å². The number of nitrogen functional groups attached to an aromatic ring is 1. The minimum Gasteiger partial charge on any atom is -0.383 e. The second-order valence-corrected chi connectivity index (χ2v) is 10.9. The molecule has 1 aliphatic heterocycles. The number of sulfonamides is 1. The maximum Gasteiger partial charge on any atom is 0.255 e. The van der Waals surface area contributed by atoms with Crippen LogP contribution < -0.4 is 16.4 Å². The fourth-order valence-electron chi connectivity index (χ4n) is 4.08. The predicted octanol–water partition coefficient (Wildman–Crippen LogP) is 2.88. The smallest absolute Gasteiger partial charge is 0.255 e. The Morgan fingerprint density at radius 3 is 2.71 bits per heavy atom. The van der Waals surface area contributed by atoms with Crippen molar-refractivity contribution >= 4 is 49.9 Å². The minimum atomic E-state index is -3.16. The van der Waals surface area contributed by atoms with Gasteiger partial charge >= 0.3 is 0 Å². The van der Waals surface area contributed by atoms with Crippen molar-refractivity contribution in [1.82, 2.24) is 19.6 Å². The number of aromatic nitrogens is 2. The zero-order valence-electron chi connectivity index (χ0n) is 18.8. The van der Waals surface area contributed by atoms with E-state index in [0.29, 0.717) is 48.4 Å². The van der Waals surface area contributed by atoms with Crippen molar-refractivity contribution in [2.45, 2.75) is 19.4 Å². The van der Waals surface area contributed by atoms with E-state index in [-0.39, 0.29) is 11.8 Å². The van der Waals surface area contributed by atoms with Crippen LogP contribution >= 0.6 is 11.6 Å². The molecule has 0 saturated carbocycles. The summed E-state index contributed by atoms with van der Waals surface area (Å²) in [4.78, 5) is 21.4.